The largest absolute Gasteiger partial charge is 0.497 e. The Labute approximate surface area is 160 Å². The summed E-state index contributed by atoms with van der Waals surface area (Å²) in [6, 6.07) is 14.5. The van der Waals surface area contributed by atoms with Gasteiger partial charge in [0.25, 0.3) is 0 Å². The molecule has 2 aromatic carbocycles. The molecule has 6 nitrogen and oxygen atoms in total. The Morgan fingerprint density at radius 1 is 1.04 bits per heavy atom. The van der Waals surface area contributed by atoms with E-state index < -0.39 is 10.0 Å². The fourth-order valence-electron chi connectivity index (χ4n) is 3.24. The van der Waals surface area contributed by atoms with Gasteiger partial charge >= 0.3 is 0 Å². The van der Waals surface area contributed by atoms with E-state index in [0.717, 1.165) is 5.56 Å². The van der Waals surface area contributed by atoms with Gasteiger partial charge in [-0.05, 0) is 36.2 Å². The molecular formula is C20H24N2O4S. The number of carbonyl (C=O) groups excluding carboxylic acids is 1. The highest BCUT2D eigenvalue weighted by atomic mass is 32.2. The first kappa shape index (κ1) is 19.4. The summed E-state index contributed by atoms with van der Waals surface area (Å²) in [5, 5.41) is 0. The predicted octanol–water partition coefficient (Wildman–Crippen LogP) is 2.08. The molecule has 0 atom stereocenters. The minimum Gasteiger partial charge on any atom is -0.497 e. The lowest BCUT2D eigenvalue weighted by Crippen LogP contribution is -2.50. The van der Waals surface area contributed by atoms with Gasteiger partial charge in [-0.25, -0.2) is 8.42 Å². The predicted molar refractivity (Wildman–Crippen MR) is 103 cm³/mol. The molecule has 1 amide bonds. The van der Waals surface area contributed by atoms with E-state index in [1.165, 1.54) is 4.31 Å². The Kier molecular flexibility index (Phi) is 5.82. The quantitative estimate of drug-likeness (QED) is 0.787. The number of amides is 1. The van der Waals surface area contributed by atoms with Crippen molar-refractivity contribution in [3.63, 3.8) is 0 Å². The van der Waals surface area contributed by atoms with Crippen LogP contribution in [0.15, 0.2) is 53.4 Å². The van der Waals surface area contributed by atoms with Gasteiger partial charge in [-0.1, -0.05) is 30.3 Å². The number of aryl methyl sites for hydroxylation is 1. The molecule has 0 radical (unpaired) electrons. The molecule has 0 spiro atoms. The van der Waals surface area contributed by atoms with Gasteiger partial charge in [0.2, 0.25) is 15.9 Å². The number of methoxy groups -OCH3 is 1. The van der Waals surface area contributed by atoms with Crippen molar-refractivity contribution in [1.29, 1.82) is 0 Å². The maximum atomic E-state index is 13.0. The molecule has 0 N–H and O–H groups in total. The number of hydrogen-bond donors (Lipinski definition) is 0. The molecule has 0 unspecified atom stereocenters. The summed E-state index contributed by atoms with van der Waals surface area (Å²) >= 11 is 0. The number of carbonyl (C=O) groups is 1. The van der Waals surface area contributed by atoms with E-state index in [2.05, 4.69) is 0 Å². The van der Waals surface area contributed by atoms with E-state index in [1.807, 2.05) is 30.3 Å². The van der Waals surface area contributed by atoms with Crippen LogP contribution in [0.5, 0.6) is 5.75 Å². The Hall–Kier alpha value is -2.38. The highest BCUT2D eigenvalue weighted by molar-refractivity contribution is 7.89. The van der Waals surface area contributed by atoms with E-state index in [-0.39, 0.29) is 10.8 Å². The minimum absolute atomic E-state index is 0.0267. The van der Waals surface area contributed by atoms with E-state index in [4.69, 9.17) is 4.74 Å². The van der Waals surface area contributed by atoms with Crippen LogP contribution in [0.3, 0.4) is 0 Å². The summed E-state index contributed by atoms with van der Waals surface area (Å²) in [7, 11) is -2.04. The zero-order valence-corrected chi connectivity index (χ0v) is 16.4. The fourth-order valence-corrected chi connectivity index (χ4v) is 4.87. The Morgan fingerprint density at radius 2 is 1.70 bits per heavy atom. The van der Waals surface area contributed by atoms with Gasteiger partial charge in [0.05, 0.1) is 18.4 Å². The van der Waals surface area contributed by atoms with Crippen LogP contribution in [-0.2, 0) is 21.2 Å². The number of hydrogen-bond acceptors (Lipinski definition) is 4. The number of sulfonamides is 1. The van der Waals surface area contributed by atoms with Gasteiger partial charge in [0, 0.05) is 26.2 Å². The number of piperazine rings is 1. The lowest BCUT2D eigenvalue weighted by Gasteiger charge is -2.34. The SMILES string of the molecule is COc1ccc(S(=O)(=O)N2CCN(C(=O)Cc3ccccc3)CC2)c(C)c1. The van der Waals surface area contributed by atoms with Crippen LogP contribution in [0.4, 0.5) is 0 Å². The van der Waals surface area contributed by atoms with Crippen LogP contribution in [0, 0.1) is 6.92 Å². The molecule has 0 saturated carbocycles. The summed E-state index contributed by atoms with van der Waals surface area (Å²) in [5.74, 6) is 0.654. The number of ether oxygens (including phenoxy) is 1. The van der Waals surface area contributed by atoms with Gasteiger partial charge in [0.1, 0.15) is 5.75 Å². The summed E-state index contributed by atoms with van der Waals surface area (Å²) < 4.78 is 32.5. The molecule has 144 valence electrons. The Balaban J connectivity index is 1.65. The third-order valence-electron chi connectivity index (χ3n) is 4.79. The van der Waals surface area contributed by atoms with Crippen molar-refractivity contribution in [1.82, 2.24) is 9.21 Å². The minimum atomic E-state index is -3.59. The Bertz CT molecular complexity index is 905. The molecule has 1 aliphatic rings. The molecule has 3 rings (SSSR count). The average Bonchev–Trinajstić information content (AvgIpc) is 2.68. The second kappa shape index (κ2) is 8.10. The van der Waals surface area contributed by atoms with Gasteiger partial charge in [-0.2, -0.15) is 4.31 Å². The zero-order valence-electron chi connectivity index (χ0n) is 15.6. The lowest BCUT2D eigenvalue weighted by atomic mass is 10.1. The van der Waals surface area contributed by atoms with Crippen molar-refractivity contribution in [3.8, 4) is 5.75 Å². The standard InChI is InChI=1S/C20H24N2O4S/c1-16-14-18(26-2)8-9-19(16)27(24,25)22-12-10-21(11-13-22)20(23)15-17-6-4-3-5-7-17/h3-9,14H,10-13,15H2,1-2H3. The van der Waals surface area contributed by atoms with E-state index in [0.29, 0.717) is 43.9 Å². The first-order valence-corrected chi connectivity index (χ1v) is 10.3. The highest BCUT2D eigenvalue weighted by Crippen LogP contribution is 2.25. The van der Waals surface area contributed by atoms with Crippen molar-refractivity contribution in [2.75, 3.05) is 33.3 Å². The number of rotatable bonds is 5. The smallest absolute Gasteiger partial charge is 0.243 e. The van der Waals surface area contributed by atoms with Crippen LogP contribution < -0.4 is 4.74 Å². The maximum Gasteiger partial charge on any atom is 0.243 e. The van der Waals surface area contributed by atoms with E-state index in [1.54, 1.807) is 37.1 Å². The Morgan fingerprint density at radius 3 is 2.30 bits per heavy atom. The van der Waals surface area contributed by atoms with Crippen LogP contribution in [0.1, 0.15) is 11.1 Å². The zero-order chi connectivity index (χ0) is 19.4. The highest BCUT2D eigenvalue weighted by Gasteiger charge is 2.31. The van der Waals surface area contributed by atoms with Gasteiger partial charge < -0.3 is 9.64 Å². The summed E-state index contributed by atoms with van der Waals surface area (Å²) in [6.07, 6.45) is 0.338. The van der Waals surface area contributed by atoms with Crippen molar-refractivity contribution >= 4 is 15.9 Å². The second-order valence-electron chi connectivity index (χ2n) is 6.58. The maximum absolute atomic E-state index is 13.0. The van der Waals surface area contributed by atoms with Crippen molar-refractivity contribution in [3.05, 3.63) is 59.7 Å². The molecule has 0 aliphatic carbocycles. The first-order valence-electron chi connectivity index (χ1n) is 8.88. The molecular weight excluding hydrogens is 364 g/mol. The normalized spacial score (nSPS) is 15.6. The molecule has 0 aromatic heterocycles. The van der Waals surface area contributed by atoms with E-state index in [9.17, 15) is 13.2 Å². The third kappa shape index (κ3) is 4.31. The van der Waals surface area contributed by atoms with Gasteiger partial charge in [-0.15, -0.1) is 0 Å². The van der Waals surface area contributed by atoms with Crippen LogP contribution >= 0.6 is 0 Å². The number of nitrogens with zero attached hydrogens (tertiary/aromatic N) is 2. The summed E-state index contributed by atoms with van der Waals surface area (Å²) in [6.45, 7) is 3.16. The molecule has 1 aliphatic heterocycles. The first-order chi connectivity index (χ1) is 12.9. The molecule has 1 saturated heterocycles. The third-order valence-corrected chi connectivity index (χ3v) is 6.85. The van der Waals surface area contributed by atoms with Crippen molar-refractivity contribution < 1.29 is 17.9 Å². The molecule has 1 fully saturated rings. The van der Waals surface area contributed by atoms with Gasteiger partial charge in [-0.3, -0.25) is 4.79 Å². The van der Waals surface area contributed by atoms with E-state index >= 15 is 0 Å². The molecule has 27 heavy (non-hydrogen) atoms. The second-order valence-corrected chi connectivity index (χ2v) is 8.49. The molecule has 7 heteroatoms. The van der Waals surface area contributed by atoms with Crippen LogP contribution in [-0.4, -0.2) is 56.8 Å². The topological polar surface area (TPSA) is 66.9 Å². The molecule has 1 heterocycles. The molecule has 0 bridgehead atoms. The summed E-state index contributed by atoms with van der Waals surface area (Å²) in [5.41, 5.74) is 1.61. The average molecular weight is 388 g/mol. The van der Waals surface area contributed by atoms with Crippen LogP contribution in [0.25, 0.3) is 0 Å². The fraction of sp³-hybridized carbons (Fsp3) is 0.350. The number of benzene rings is 2. The lowest BCUT2D eigenvalue weighted by molar-refractivity contribution is -0.131. The van der Waals surface area contributed by atoms with Crippen molar-refractivity contribution in [2.45, 2.75) is 18.2 Å². The van der Waals surface area contributed by atoms with Crippen LogP contribution in [0.2, 0.25) is 0 Å². The molecule has 2 aromatic rings. The van der Waals surface area contributed by atoms with Gasteiger partial charge in [0.15, 0.2) is 0 Å². The summed E-state index contributed by atoms with van der Waals surface area (Å²) in [4.78, 5) is 14.5. The van der Waals surface area contributed by atoms with Crippen molar-refractivity contribution in [2.24, 2.45) is 0 Å². The monoisotopic (exact) mass is 388 g/mol.